The molecule has 0 radical (unpaired) electrons. The molecule has 1 saturated heterocycles. The fourth-order valence-electron chi connectivity index (χ4n) is 4.16. The molecule has 8 heteroatoms. The number of aryl methyl sites for hydroxylation is 1. The van der Waals surface area contributed by atoms with Gasteiger partial charge in [-0.2, -0.15) is 13.2 Å². The lowest BCUT2D eigenvalue weighted by Crippen LogP contribution is -2.28. The molecule has 2 fully saturated rings. The van der Waals surface area contributed by atoms with Gasteiger partial charge in [0.1, 0.15) is 5.82 Å². The number of nitrogens with zero attached hydrogens (tertiary/aromatic N) is 4. The zero-order chi connectivity index (χ0) is 19.2. The number of alkyl halides is 3. The van der Waals surface area contributed by atoms with E-state index in [-0.39, 0.29) is 5.41 Å². The molecule has 0 amide bonds. The molecule has 0 spiro atoms. The Labute approximate surface area is 161 Å². The Morgan fingerprint density at radius 3 is 2.59 bits per heavy atom. The topological polar surface area (TPSA) is 34.0 Å². The van der Waals surface area contributed by atoms with Crippen molar-refractivity contribution in [3.63, 3.8) is 0 Å². The fraction of sp³-hybridized carbons (Fsp3) is 0.579. The Balaban J connectivity index is 1.28. The third-order valence-electron chi connectivity index (χ3n) is 5.91. The summed E-state index contributed by atoms with van der Waals surface area (Å²) >= 11 is 1.72. The van der Waals surface area contributed by atoms with Crippen molar-refractivity contribution in [1.29, 1.82) is 0 Å². The van der Waals surface area contributed by atoms with Gasteiger partial charge in [0.25, 0.3) is 0 Å². The lowest BCUT2D eigenvalue weighted by molar-refractivity contribution is -0.137. The van der Waals surface area contributed by atoms with Gasteiger partial charge in [-0.15, -0.1) is 10.2 Å². The van der Waals surface area contributed by atoms with E-state index in [1.807, 2.05) is 18.5 Å². The maximum atomic E-state index is 12.8. The largest absolute Gasteiger partial charge is 0.416 e. The number of likely N-dealkylation sites (tertiary alicyclic amines) is 1. The van der Waals surface area contributed by atoms with E-state index in [0.717, 1.165) is 54.8 Å². The van der Waals surface area contributed by atoms with Crippen LogP contribution in [0.1, 0.15) is 29.8 Å². The maximum Gasteiger partial charge on any atom is 0.416 e. The van der Waals surface area contributed by atoms with Gasteiger partial charge < -0.3 is 9.47 Å². The minimum absolute atomic E-state index is 0.0813. The van der Waals surface area contributed by atoms with Crippen LogP contribution in [0.25, 0.3) is 0 Å². The third-order valence-corrected chi connectivity index (χ3v) is 7.01. The minimum Gasteiger partial charge on any atom is -0.309 e. The number of piperidine rings is 1. The number of fused-ring (bicyclic) bond motifs is 1. The highest BCUT2D eigenvalue weighted by atomic mass is 32.2. The molecule has 1 aromatic carbocycles. The highest BCUT2D eigenvalue weighted by Gasteiger charge is 2.60. The van der Waals surface area contributed by atoms with Crippen LogP contribution in [-0.4, -0.2) is 45.1 Å². The lowest BCUT2D eigenvalue weighted by Gasteiger charge is -2.21. The maximum absolute atomic E-state index is 12.8. The first-order valence-electron chi connectivity index (χ1n) is 9.18. The van der Waals surface area contributed by atoms with Crippen molar-refractivity contribution in [3.8, 4) is 0 Å². The van der Waals surface area contributed by atoms with Crippen molar-refractivity contribution in [3.05, 3.63) is 41.2 Å². The van der Waals surface area contributed by atoms with Gasteiger partial charge in [-0.3, -0.25) is 0 Å². The second-order valence-electron chi connectivity index (χ2n) is 7.66. The average Bonchev–Trinajstić information content (AvgIpc) is 3.06. The van der Waals surface area contributed by atoms with Crippen molar-refractivity contribution in [2.75, 3.05) is 25.4 Å². The van der Waals surface area contributed by atoms with E-state index in [2.05, 4.69) is 15.1 Å². The Bertz CT molecular complexity index is 817. The summed E-state index contributed by atoms with van der Waals surface area (Å²) in [6, 6.07) is 5.81. The molecule has 2 aliphatic rings. The first kappa shape index (κ1) is 18.8. The fourth-order valence-corrected chi connectivity index (χ4v) is 5.04. The summed E-state index contributed by atoms with van der Waals surface area (Å²) in [6.07, 6.45) is -2.10. The number of hydrogen-bond donors (Lipinski definition) is 0. The standard InChI is InChI=1S/C19H23F3N4S/c1-13-23-24-17(25(13)2)27-9-3-8-26-11-16-10-18(16,12-26)14-4-6-15(7-5-14)19(20,21)22/h4-7,16H,3,8-12H2,1-2H3/t16-,18+/m0/s1. The van der Waals surface area contributed by atoms with Crippen LogP contribution < -0.4 is 0 Å². The summed E-state index contributed by atoms with van der Waals surface area (Å²) in [4.78, 5) is 2.45. The monoisotopic (exact) mass is 396 g/mol. The molecule has 4 nitrogen and oxygen atoms in total. The number of rotatable bonds is 6. The lowest BCUT2D eigenvalue weighted by atomic mass is 9.94. The van der Waals surface area contributed by atoms with E-state index in [1.165, 1.54) is 12.1 Å². The molecule has 4 rings (SSSR count). The number of thioether (sulfide) groups is 1. The van der Waals surface area contributed by atoms with E-state index < -0.39 is 11.7 Å². The molecule has 0 bridgehead atoms. The summed E-state index contributed by atoms with van der Waals surface area (Å²) in [5.74, 6) is 2.49. The van der Waals surface area contributed by atoms with Gasteiger partial charge in [0.2, 0.25) is 0 Å². The van der Waals surface area contributed by atoms with Gasteiger partial charge in [-0.05, 0) is 49.9 Å². The van der Waals surface area contributed by atoms with Crippen LogP contribution in [0, 0.1) is 12.8 Å². The van der Waals surface area contributed by atoms with Gasteiger partial charge in [-0.1, -0.05) is 23.9 Å². The highest BCUT2D eigenvalue weighted by molar-refractivity contribution is 7.99. The number of aromatic nitrogens is 3. The Morgan fingerprint density at radius 2 is 1.96 bits per heavy atom. The Morgan fingerprint density at radius 1 is 1.22 bits per heavy atom. The van der Waals surface area contributed by atoms with Crippen molar-refractivity contribution < 1.29 is 13.2 Å². The summed E-state index contributed by atoms with van der Waals surface area (Å²) < 4.78 is 40.3. The first-order chi connectivity index (χ1) is 12.8. The molecule has 1 aliphatic carbocycles. The van der Waals surface area contributed by atoms with E-state index in [4.69, 9.17) is 0 Å². The predicted octanol–water partition coefficient (Wildman–Crippen LogP) is 3.90. The van der Waals surface area contributed by atoms with Crippen LogP contribution in [0.15, 0.2) is 29.4 Å². The van der Waals surface area contributed by atoms with E-state index >= 15 is 0 Å². The Hall–Kier alpha value is -1.54. The van der Waals surface area contributed by atoms with Crippen molar-refractivity contribution in [2.45, 2.75) is 36.5 Å². The zero-order valence-electron chi connectivity index (χ0n) is 15.5. The molecular formula is C19H23F3N4S. The van der Waals surface area contributed by atoms with E-state index in [1.54, 1.807) is 23.9 Å². The smallest absolute Gasteiger partial charge is 0.309 e. The molecule has 1 aromatic heterocycles. The van der Waals surface area contributed by atoms with Crippen molar-refractivity contribution in [2.24, 2.45) is 13.0 Å². The van der Waals surface area contributed by atoms with Crippen LogP contribution in [0.3, 0.4) is 0 Å². The van der Waals surface area contributed by atoms with Gasteiger partial charge in [0.15, 0.2) is 5.16 Å². The number of hydrogen-bond acceptors (Lipinski definition) is 4. The van der Waals surface area contributed by atoms with Crippen LogP contribution in [0.2, 0.25) is 0 Å². The van der Waals surface area contributed by atoms with Gasteiger partial charge >= 0.3 is 6.18 Å². The van der Waals surface area contributed by atoms with Crippen LogP contribution in [0.5, 0.6) is 0 Å². The molecule has 27 heavy (non-hydrogen) atoms. The van der Waals surface area contributed by atoms with Crippen molar-refractivity contribution >= 4 is 11.8 Å². The molecule has 2 heterocycles. The SMILES string of the molecule is Cc1nnc(SCCCN2C[C@@H]3C[C@]3(c3ccc(C(F)(F)F)cc3)C2)n1C. The average molecular weight is 396 g/mol. The summed E-state index contributed by atoms with van der Waals surface area (Å²) in [5.41, 5.74) is 0.579. The zero-order valence-corrected chi connectivity index (χ0v) is 16.3. The molecule has 1 saturated carbocycles. The van der Waals surface area contributed by atoms with Gasteiger partial charge in [0, 0.05) is 31.3 Å². The molecule has 2 aromatic rings. The second-order valence-corrected chi connectivity index (χ2v) is 8.72. The summed E-state index contributed by atoms with van der Waals surface area (Å²) in [6.45, 7) is 4.96. The van der Waals surface area contributed by atoms with Crippen molar-refractivity contribution in [1.82, 2.24) is 19.7 Å². The van der Waals surface area contributed by atoms with E-state index in [9.17, 15) is 13.2 Å². The molecule has 0 N–H and O–H groups in total. The number of benzene rings is 1. The Kier molecular flexibility index (Phi) is 4.74. The molecule has 0 unspecified atom stereocenters. The van der Waals surface area contributed by atoms with Gasteiger partial charge in [-0.25, -0.2) is 0 Å². The minimum atomic E-state index is -4.26. The summed E-state index contributed by atoms with van der Waals surface area (Å²) in [7, 11) is 1.97. The van der Waals surface area contributed by atoms with Crippen LogP contribution >= 0.6 is 11.8 Å². The third kappa shape index (κ3) is 3.61. The molecule has 2 atom stereocenters. The second kappa shape index (κ2) is 6.81. The van der Waals surface area contributed by atoms with Gasteiger partial charge in [0.05, 0.1) is 5.56 Å². The quantitative estimate of drug-likeness (QED) is 0.548. The number of halogens is 3. The van der Waals surface area contributed by atoms with Crippen LogP contribution in [-0.2, 0) is 18.6 Å². The molecular weight excluding hydrogens is 373 g/mol. The summed E-state index contributed by atoms with van der Waals surface area (Å²) in [5, 5.41) is 9.17. The highest BCUT2D eigenvalue weighted by Crippen LogP contribution is 2.59. The molecule has 1 aliphatic heterocycles. The molecule has 146 valence electrons. The first-order valence-corrected chi connectivity index (χ1v) is 10.2. The normalized spacial score (nSPS) is 25.0. The van der Waals surface area contributed by atoms with Crippen LogP contribution in [0.4, 0.5) is 13.2 Å². The predicted molar refractivity (Wildman–Crippen MR) is 98.8 cm³/mol. The van der Waals surface area contributed by atoms with E-state index in [0.29, 0.717) is 5.92 Å².